The van der Waals surface area contributed by atoms with E-state index in [1.165, 1.54) is 64.2 Å². The van der Waals surface area contributed by atoms with Gasteiger partial charge < -0.3 is 20.1 Å². The summed E-state index contributed by atoms with van der Waals surface area (Å²) in [6.45, 7) is 3.59. The van der Waals surface area contributed by atoms with Gasteiger partial charge in [-0.1, -0.05) is 146 Å². The summed E-state index contributed by atoms with van der Waals surface area (Å²) in [6, 6.07) is 0. The minimum absolute atomic E-state index is 0.0483. The van der Waals surface area contributed by atoms with Crippen LogP contribution < -0.4 is 5.73 Å². The molecule has 0 saturated heterocycles. The molecule has 0 aromatic heterocycles. The average Bonchev–Trinajstić information content (AvgIpc) is 3.14. The van der Waals surface area contributed by atoms with Gasteiger partial charge >= 0.3 is 19.8 Å². The number of carbonyl (C=O) groups is 2. The number of nitrogens with two attached hydrogens (primary N) is 1. The first kappa shape index (κ1) is 51.0. The molecule has 0 amide bonds. The Bertz CT molecular complexity index is 1010. The predicted octanol–water partition coefficient (Wildman–Crippen LogP) is 11.9. The monoisotopic (exact) mass is 768 g/mol. The van der Waals surface area contributed by atoms with Crippen LogP contribution in [0.3, 0.4) is 0 Å². The van der Waals surface area contributed by atoms with E-state index in [0.29, 0.717) is 6.42 Å². The molecule has 0 aliphatic carbocycles. The summed E-state index contributed by atoms with van der Waals surface area (Å²) < 4.78 is 32.7. The van der Waals surface area contributed by atoms with Crippen LogP contribution in [0.25, 0.3) is 0 Å². The summed E-state index contributed by atoms with van der Waals surface area (Å²) in [6.07, 6.45) is 44.2. The van der Waals surface area contributed by atoms with Gasteiger partial charge in [-0.15, -0.1) is 0 Å². The number of hydrogen-bond acceptors (Lipinski definition) is 8. The molecular weight excluding hydrogens is 689 g/mol. The number of rotatable bonds is 39. The van der Waals surface area contributed by atoms with Gasteiger partial charge in [-0.2, -0.15) is 0 Å². The maximum absolute atomic E-state index is 12.6. The van der Waals surface area contributed by atoms with Gasteiger partial charge in [0.05, 0.1) is 13.2 Å². The summed E-state index contributed by atoms with van der Waals surface area (Å²) in [5, 5.41) is 0. The standard InChI is InChI=1S/C43H78NO8P/c1-3-5-7-9-11-13-15-17-19-20-22-23-25-27-29-31-33-35-42(45)49-39-41(40-51-53(47,48)50-38-37-44)52-43(46)36-34-32-30-28-26-24-21-18-16-14-12-10-8-6-4-2/h6,8,12,14,17-19,21,41H,3-5,7,9-11,13,15-16,20,22-40,44H2,1-2H3,(H,47,48). The van der Waals surface area contributed by atoms with E-state index >= 15 is 0 Å². The Morgan fingerprint density at radius 2 is 1.04 bits per heavy atom. The molecule has 0 aromatic carbocycles. The van der Waals surface area contributed by atoms with E-state index < -0.39 is 32.5 Å². The third-order valence-electron chi connectivity index (χ3n) is 8.70. The van der Waals surface area contributed by atoms with E-state index in [9.17, 15) is 19.0 Å². The van der Waals surface area contributed by atoms with Gasteiger partial charge in [0.25, 0.3) is 0 Å². The van der Waals surface area contributed by atoms with Gasteiger partial charge in [0.15, 0.2) is 6.10 Å². The Morgan fingerprint density at radius 3 is 1.57 bits per heavy atom. The first-order valence-electron chi connectivity index (χ1n) is 21.1. The molecule has 9 nitrogen and oxygen atoms in total. The molecule has 0 saturated carbocycles. The van der Waals surface area contributed by atoms with Crippen LogP contribution in [-0.4, -0.2) is 49.3 Å². The number of unbranched alkanes of at least 4 members (excludes halogenated alkanes) is 18. The summed E-state index contributed by atoms with van der Waals surface area (Å²) in [5.74, 6) is -0.854. The van der Waals surface area contributed by atoms with Crippen molar-refractivity contribution in [3.05, 3.63) is 48.6 Å². The quantitative estimate of drug-likeness (QED) is 0.0271. The fourth-order valence-electron chi connectivity index (χ4n) is 5.58. The van der Waals surface area contributed by atoms with Crippen molar-refractivity contribution in [2.75, 3.05) is 26.4 Å². The average molecular weight is 768 g/mol. The number of phosphoric acid groups is 1. The van der Waals surface area contributed by atoms with Crippen LogP contribution in [0, 0.1) is 0 Å². The Morgan fingerprint density at radius 1 is 0.585 bits per heavy atom. The van der Waals surface area contributed by atoms with Gasteiger partial charge in [-0.3, -0.25) is 18.6 Å². The van der Waals surface area contributed by atoms with Crippen LogP contribution >= 0.6 is 7.82 Å². The SMILES string of the molecule is CCC=CCC=CCC=CCCCCCCCC(=O)OC(COC(=O)CCCCCCCCCC=CCCCCCCCC)COP(=O)(O)OCCN. The lowest BCUT2D eigenvalue weighted by atomic mass is 10.1. The van der Waals surface area contributed by atoms with Gasteiger partial charge in [0.1, 0.15) is 6.61 Å². The van der Waals surface area contributed by atoms with Crippen molar-refractivity contribution in [2.24, 2.45) is 5.73 Å². The van der Waals surface area contributed by atoms with Gasteiger partial charge in [0.2, 0.25) is 0 Å². The first-order chi connectivity index (χ1) is 25.8. The van der Waals surface area contributed by atoms with E-state index in [0.717, 1.165) is 83.5 Å². The Labute approximate surface area is 324 Å². The second-order valence-electron chi connectivity index (χ2n) is 13.8. The van der Waals surface area contributed by atoms with Gasteiger partial charge in [-0.05, 0) is 70.6 Å². The Hall–Kier alpha value is -2.03. The molecule has 2 atom stereocenters. The molecule has 3 N–H and O–H groups in total. The number of phosphoric ester groups is 1. The molecule has 0 bridgehead atoms. The molecule has 0 heterocycles. The summed E-state index contributed by atoms with van der Waals surface area (Å²) in [4.78, 5) is 34.8. The van der Waals surface area contributed by atoms with Crippen LogP contribution in [-0.2, 0) is 32.7 Å². The highest BCUT2D eigenvalue weighted by molar-refractivity contribution is 7.47. The van der Waals surface area contributed by atoms with E-state index in [2.05, 4.69) is 62.5 Å². The molecule has 0 radical (unpaired) electrons. The lowest BCUT2D eigenvalue weighted by Gasteiger charge is -2.19. The smallest absolute Gasteiger partial charge is 0.462 e. The van der Waals surface area contributed by atoms with Crippen LogP contribution in [0.4, 0.5) is 0 Å². The molecule has 53 heavy (non-hydrogen) atoms. The third kappa shape index (κ3) is 39.5. The van der Waals surface area contributed by atoms with Crippen molar-refractivity contribution in [1.29, 1.82) is 0 Å². The number of esters is 2. The van der Waals surface area contributed by atoms with Crippen molar-refractivity contribution in [2.45, 2.75) is 187 Å². The Balaban J connectivity index is 4.19. The lowest BCUT2D eigenvalue weighted by Crippen LogP contribution is -2.29. The fraction of sp³-hybridized carbons (Fsp3) is 0.767. The zero-order valence-corrected chi connectivity index (χ0v) is 34.6. The number of hydrogen-bond donors (Lipinski definition) is 2. The topological polar surface area (TPSA) is 134 Å². The first-order valence-corrected chi connectivity index (χ1v) is 22.6. The van der Waals surface area contributed by atoms with Crippen molar-refractivity contribution in [3.63, 3.8) is 0 Å². The van der Waals surface area contributed by atoms with Crippen molar-refractivity contribution < 1.29 is 37.6 Å². The van der Waals surface area contributed by atoms with Crippen molar-refractivity contribution in [1.82, 2.24) is 0 Å². The summed E-state index contributed by atoms with van der Waals surface area (Å²) in [7, 11) is -4.38. The van der Waals surface area contributed by atoms with Crippen LogP contribution in [0.5, 0.6) is 0 Å². The highest BCUT2D eigenvalue weighted by Crippen LogP contribution is 2.43. The van der Waals surface area contributed by atoms with Crippen LogP contribution in [0.2, 0.25) is 0 Å². The molecule has 0 rings (SSSR count). The highest BCUT2D eigenvalue weighted by atomic mass is 31.2. The van der Waals surface area contributed by atoms with Crippen LogP contribution in [0.1, 0.15) is 181 Å². The van der Waals surface area contributed by atoms with Gasteiger partial charge in [-0.25, -0.2) is 4.57 Å². The molecule has 0 fully saturated rings. The number of ether oxygens (including phenoxy) is 2. The second kappa shape index (κ2) is 39.7. The maximum Gasteiger partial charge on any atom is 0.472 e. The zero-order chi connectivity index (χ0) is 38.9. The minimum atomic E-state index is -4.38. The molecule has 308 valence electrons. The molecule has 0 aliphatic rings. The highest BCUT2D eigenvalue weighted by Gasteiger charge is 2.26. The van der Waals surface area contributed by atoms with E-state index in [1.54, 1.807) is 0 Å². The largest absolute Gasteiger partial charge is 0.472 e. The molecule has 0 spiro atoms. The molecule has 0 aromatic rings. The van der Waals surface area contributed by atoms with E-state index in [4.69, 9.17) is 24.3 Å². The predicted molar refractivity (Wildman–Crippen MR) is 220 cm³/mol. The maximum atomic E-state index is 12.6. The Kier molecular flexibility index (Phi) is 38.1. The minimum Gasteiger partial charge on any atom is -0.462 e. The summed E-state index contributed by atoms with van der Waals surface area (Å²) in [5.41, 5.74) is 5.34. The van der Waals surface area contributed by atoms with Crippen molar-refractivity contribution in [3.8, 4) is 0 Å². The normalized spacial score (nSPS) is 13.8. The van der Waals surface area contributed by atoms with E-state index in [-0.39, 0.29) is 32.6 Å². The van der Waals surface area contributed by atoms with Crippen LogP contribution in [0.15, 0.2) is 48.6 Å². The molecular formula is C43H78NO8P. The fourth-order valence-corrected chi connectivity index (χ4v) is 6.35. The van der Waals surface area contributed by atoms with Gasteiger partial charge in [0, 0.05) is 19.4 Å². The molecule has 10 heteroatoms. The zero-order valence-electron chi connectivity index (χ0n) is 33.7. The van der Waals surface area contributed by atoms with Crippen molar-refractivity contribution >= 4 is 19.8 Å². The lowest BCUT2D eigenvalue weighted by molar-refractivity contribution is -0.161. The number of carbonyl (C=O) groups excluding carboxylic acids is 2. The summed E-state index contributed by atoms with van der Waals surface area (Å²) >= 11 is 0. The second-order valence-corrected chi connectivity index (χ2v) is 15.3. The third-order valence-corrected chi connectivity index (χ3v) is 9.68. The molecule has 2 unspecified atom stereocenters. The molecule has 0 aliphatic heterocycles. The number of allylic oxidation sites excluding steroid dienone is 8. The van der Waals surface area contributed by atoms with E-state index in [1.807, 2.05) is 0 Å².